The molecular weight excluding hydrogens is 362 g/mol. The highest BCUT2D eigenvalue weighted by atomic mass is 32.1. The Kier molecular flexibility index (Phi) is 3.68. The van der Waals surface area contributed by atoms with Gasteiger partial charge in [0.1, 0.15) is 5.75 Å². The molecule has 0 saturated heterocycles. The second kappa shape index (κ2) is 6.21. The van der Waals surface area contributed by atoms with Gasteiger partial charge in [-0.2, -0.15) is 10.2 Å². The molecule has 0 saturated carbocycles. The molecule has 0 unspecified atom stereocenters. The molecule has 2 N–H and O–H groups in total. The van der Waals surface area contributed by atoms with E-state index in [-0.39, 0.29) is 16.7 Å². The summed E-state index contributed by atoms with van der Waals surface area (Å²) in [5.41, 5.74) is 3.09. The van der Waals surface area contributed by atoms with Crippen molar-refractivity contribution < 1.29 is 9.84 Å². The Morgan fingerprint density at radius 2 is 2.11 bits per heavy atom. The van der Waals surface area contributed by atoms with Gasteiger partial charge in [0, 0.05) is 11.3 Å². The van der Waals surface area contributed by atoms with Crippen molar-refractivity contribution in [3.05, 3.63) is 74.3 Å². The largest absolute Gasteiger partial charge is 0.494 e. The molecular formula is C20H15N3O3S. The highest BCUT2D eigenvalue weighted by Gasteiger charge is 2.28. The lowest BCUT2D eigenvalue weighted by molar-refractivity contribution is 0.447. The van der Waals surface area contributed by atoms with Crippen LogP contribution in [-0.4, -0.2) is 20.3 Å². The zero-order valence-electron chi connectivity index (χ0n) is 14.2. The summed E-state index contributed by atoms with van der Waals surface area (Å²) >= 11 is 1.08. The molecule has 0 radical (unpaired) electrons. The van der Waals surface area contributed by atoms with Crippen LogP contribution in [-0.2, 0) is 6.42 Å². The van der Waals surface area contributed by atoms with Crippen LogP contribution in [0.3, 0.4) is 0 Å². The van der Waals surface area contributed by atoms with E-state index >= 15 is 0 Å². The predicted molar refractivity (Wildman–Crippen MR) is 103 cm³/mol. The van der Waals surface area contributed by atoms with E-state index in [9.17, 15) is 9.90 Å². The molecule has 0 fully saturated rings. The predicted octanol–water partition coefficient (Wildman–Crippen LogP) is 3.96. The molecule has 5 rings (SSSR count). The second-order valence-electron chi connectivity index (χ2n) is 6.51. The van der Waals surface area contributed by atoms with Crippen molar-refractivity contribution in [1.82, 2.24) is 15.2 Å². The first kappa shape index (κ1) is 16.0. The van der Waals surface area contributed by atoms with Gasteiger partial charge in [0.25, 0.3) is 0 Å². The minimum absolute atomic E-state index is 0.0162. The van der Waals surface area contributed by atoms with E-state index in [2.05, 4.69) is 15.2 Å². The van der Waals surface area contributed by atoms with E-state index in [1.165, 1.54) is 5.56 Å². The molecule has 27 heavy (non-hydrogen) atoms. The van der Waals surface area contributed by atoms with Crippen LogP contribution in [0.25, 0.3) is 10.9 Å². The average Bonchev–Trinajstić information content (AvgIpc) is 3.24. The third kappa shape index (κ3) is 2.76. The van der Waals surface area contributed by atoms with Crippen LogP contribution in [0.2, 0.25) is 0 Å². The van der Waals surface area contributed by atoms with Crippen molar-refractivity contribution in [2.24, 2.45) is 0 Å². The number of nitrogens with one attached hydrogen (secondary N) is 1. The van der Waals surface area contributed by atoms with Gasteiger partial charge in [0.2, 0.25) is 5.88 Å². The van der Waals surface area contributed by atoms with E-state index in [0.717, 1.165) is 46.4 Å². The van der Waals surface area contributed by atoms with Gasteiger partial charge in [0.05, 0.1) is 16.6 Å². The molecule has 134 valence electrons. The molecule has 0 bridgehead atoms. The van der Waals surface area contributed by atoms with Crippen molar-refractivity contribution in [1.29, 1.82) is 0 Å². The normalized spacial score (nSPS) is 15.8. The maximum absolute atomic E-state index is 11.5. The van der Waals surface area contributed by atoms with Crippen LogP contribution in [0.4, 0.5) is 0 Å². The van der Waals surface area contributed by atoms with Gasteiger partial charge in [0.15, 0.2) is 5.75 Å². The Hall–Kier alpha value is -3.19. The van der Waals surface area contributed by atoms with Gasteiger partial charge >= 0.3 is 4.87 Å². The standard InChI is InChI=1S/C20H15N3O3S/c24-19-18(27-20(25)22-19)14-7-5-11-9-12(6-8-13(11)14)26-17-10-21-23-16-4-2-1-3-15(16)17/h1-4,6,8-10,14,24H,5,7H2,(H,22,25)/t14-/m1/s1. The van der Waals surface area contributed by atoms with Crippen LogP contribution in [0.15, 0.2) is 53.5 Å². The summed E-state index contributed by atoms with van der Waals surface area (Å²) in [4.78, 5) is 14.5. The van der Waals surface area contributed by atoms with Crippen LogP contribution in [0, 0.1) is 0 Å². The number of nitrogens with zero attached hydrogens (tertiary/aromatic N) is 2. The first-order valence-corrected chi connectivity index (χ1v) is 9.44. The summed E-state index contributed by atoms with van der Waals surface area (Å²) in [6.07, 6.45) is 3.35. The Morgan fingerprint density at radius 3 is 2.96 bits per heavy atom. The summed E-state index contributed by atoms with van der Waals surface area (Å²) in [7, 11) is 0. The minimum atomic E-state index is -0.229. The number of H-pyrrole nitrogens is 1. The molecule has 4 aromatic rings. The molecule has 0 spiro atoms. The molecule has 1 atom stereocenters. The summed E-state index contributed by atoms with van der Waals surface area (Å²) in [5, 5.41) is 19.0. The van der Waals surface area contributed by atoms with Gasteiger partial charge in [-0.15, -0.1) is 0 Å². The number of aromatic amines is 1. The highest BCUT2D eigenvalue weighted by molar-refractivity contribution is 7.09. The number of aromatic hydroxyl groups is 1. The number of thiazole rings is 1. The van der Waals surface area contributed by atoms with Gasteiger partial charge in [-0.05, 0) is 48.2 Å². The molecule has 2 aromatic carbocycles. The first-order valence-electron chi connectivity index (χ1n) is 8.62. The quantitative estimate of drug-likeness (QED) is 0.564. The number of hydrogen-bond donors (Lipinski definition) is 2. The third-order valence-corrected chi connectivity index (χ3v) is 5.89. The second-order valence-corrected chi connectivity index (χ2v) is 7.52. The van der Waals surface area contributed by atoms with Crippen LogP contribution < -0.4 is 9.61 Å². The zero-order valence-corrected chi connectivity index (χ0v) is 15.0. The van der Waals surface area contributed by atoms with Crippen molar-refractivity contribution in [2.45, 2.75) is 18.8 Å². The topological polar surface area (TPSA) is 88.1 Å². The fourth-order valence-electron chi connectivity index (χ4n) is 3.69. The number of hydrogen-bond acceptors (Lipinski definition) is 6. The van der Waals surface area contributed by atoms with Crippen molar-refractivity contribution in [2.75, 3.05) is 0 Å². The van der Waals surface area contributed by atoms with E-state index in [4.69, 9.17) is 4.74 Å². The average molecular weight is 377 g/mol. The van der Waals surface area contributed by atoms with Gasteiger partial charge < -0.3 is 9.84 Å². The summed E-state index contributed by atoms with van der Waals surface area (Å²) < 4.78 is 6.08. The smallest absolute Gasteiger partial charge is 0.307 e. The fraction of sp³-hybridized carbons (Fsp3) is 0.150. The molecule has 0 amide bonds. The molecule has 1 aliphatic rings. The molecule has 6 nitrogen and oxygen atoms in total. The Balaban J connectivity index is 1.48. The lowest BCUT2D eigenvalue weighted by Gasteiger charge is -2.12. The Labute approximate surface area is 158 Å². The van der Waals surface area contributed by atoms with Gasteiger partial charge in [-0.1, -0.05) is 29.5 Å². The SMILES string of the molecule is O=c1[nH]c(O)c([C@@H]2CCc3cc(Oc4cnnc5ccccc45)ccc32)s1. The van der Waals surface area contributed by atoms with Crippen molar-refractivity contribution in [3.8, 4) is 17.4 Å². The highest BCUT2D eigenvalue weighted by Crippen LogP contribution is 2.43. The molecule has 0 aliphatic heterocycles. The van der Waals surface area contributed by atoms with Crippen molar-refractivity contribution >= 4 is 22.2 Å². The minimum Gasteiger partial charge on any atom is -0.494 e. The number of benzene rings is 2. The molecule has 2 aromatic heterocycles. The number of fused-ring (bicyclic) bond motifs is 2. The lowest BCUT2D eigenvalue weighted by atomic mass is 10.00. The maximum Gasteiger partial charge on any atom is 0.307 e. The van der Waals surface area contributed by atoms with Crippen LogP contribution >= 0.6 is 11.3 Å². The van der Waals surface area contributed by atoms with Crippen LogP contribution in [0.1, 0.15) is 28.3 Å². The van der Waals surface area contributed by atoms with Gasteiger partial charge in [-0.25, -0.2) is 0 Å². The summed E-state index contributed by atoms with van der Waals surface area (Å²) in [6.45, 7) is 0. The summed E-state index contributed by atoms with van der Waals surface area (Å²) in [6, 6.07) is 13.7. The van der Waals surface area contributed by atoms with E-state index in [1.54, 1.807) is 6.20 Å². The monoisotopic (exact) mass is 377 g/mol. The third-order valence-electron chi connectivity index (χ3n) is 4.90. The van der Waals surface area contributed by atoms with Gasteiger partial charge in [-0.3, -0.25) is 9.78 Å². The number of ether oxygens (including phenoxy) is 1. The lowest BCUT2D eigenvalue weighted by Crippen LogP contribution is -1.95. The van der Waals surface area contributed by atoms with E-state index < -0.39 is 0 Å². The number of rotatable bonds is 3. The molecule has 7 heteroatoms. The van der Waals surface area contributed by atoms with Crippen molar-refractivity contribution in [3.63, 3.8) is 0 Å². The fourth-order valence-corrected chi connectivity index (χ4v) is 4.57. The Bertz CT molecular complexity index is 1210. The van der Waals surface area contributed by atoms with E-state index in [1.807, 2.05) is 42.5 Å². The number of aryl methyl sites for hydroxylation is 1. The Morgan fingerprint density at radius 1 is 1.22 bits per heavy atom. The van der Waals surface area contributed by atoms with E-state index in [0.29, 0.717) is 10.6 Å². The maximum atomic E-state index is 11.5. The van der Waals surface area contributed by atoms with Crippen LogP contribution in [0.5, 0.6) is 17.4 Å². The number of aromatic nitrogens is 3. The first-order chi connectivity index (χ1) is 13.2. The molecule has 2 heterocycles. The summed E-state index contributed by atoms with van der Waals surface area (Å²) in [5.74, 6) is 1.43. The molecule has 1 aliphatic carbocycles. The zero-order chi connectivity index (χ0) is 18.4.